The van der Waals surface area contributed by atoms with Gasteiger partial charge in [0.25, 0.3) is 0 Å². The average molecular weight is 291 g/mol. The van der Waals surface area contributed by atoms with Gasteiger partial charge in [0.05, 0.1) is 12.2 Å². The van der Waals surface area contributed by atoms with Gasteiger partial charge >= 0.3 is 5.97 Å². The highest BCUT2D eigenvalue weighted by Gasteiger charge is 2.31. The largest absolute Gasteiger partial charge is 0.465 e. The molecule has 0 aliphatic rings. The van der Waals surface area contributed by atoms with Crippen LogP contribution in [0.4, 0.5) is 17.6 Å². The maximum absolute atomic E-state index is 13.4. The fraction of sp³-hybridized carbons (Fsp3) is 0.250. The topological polar surface area (TPSA) is 67.2 Å². The number of hydrogen-bond donors (Lipinski definition) is 1. The smallest absolute Gasteiger partial charge is 0.322 e. The second-order valence-corrected chi connectivity index (χ2v) is 3.61. The van der Waals surface area contributed by atoms with Crippen molar-refractivity contribution < 1.29 is 31.9 Å². The zero-order valence-corrected chi connectivity index (χ0v) is 10.2. The first-order valence-electron chi connectivity index (χ1n) is 5.39. The molecule has 0 heterocycles. The summed E-state index contributed by atoms with van der Waals surface area (Å²) in [7, 11) is 0. The molecular formula is C12H9F4NO3. The molecule has 0 aliphatic carbocycles. The van der Waals surface area contributed by atoms with E-state index in [0.29, 0.717) is 6.21 Å². The Balaban J connectivity index is 3.27. The maximum Gasteiger partial charge on any atom is 0.322 e. The molecule has 1 rings (SSSR count). The molecule has 0 fully saturated rings. The predicted octanol–water partition coefficient (Wildman–Crippen LogP) is 2.25. The summed E-state index contributed by atoms with van der Waals surface area (Å²) in [6, 6.07) is 0.131. The fourth-order valence-electron chi connectivity index (χ4n) is 1.40. The van der Waals surface area contributed by atoms with Gasteiger partial charge in [-0.15, -0.1) is 0 Å². The molecular weight excluding hydrogens is 282 g/mol. The summed E-state index contributed by atoms with van der Waals surface area (Å²) in [6.45, 7) is 1.33. The number of carbonyl (C=O) groups excluding carboxylic acids is 2. The highest BCUT2D eigenvalue weighted by Crippen LogP contribution is 2.21. The predicted molar refractivity (Wildman–Crippen MR) is 59.5 cm³/mol. The summed E-state index contributed by atoms with van der Waals surface area (Å²) in [4.78, 5) is 23.1. The van der Waals surface area contributed by atoms with Crippen LogP contribution >= 0.6 is 0 Å². The third-order valence-corrected chi connectivity index (χ3v) is 2.36. The van der Waals surface area contributed by atoms with Crippen molar-refractivity contribution in [3.05, 3.63) is 34.9 Å². The van der Waals surface area contributed by atoms with Crippen LogP contribution in [-0.2, 0) is 9.53 Å². The molecule has 1 aromatic carbocycles. The minimum Gasteiger partial charge on any atom is -0.465 e. The Hall–Kier alpha value is -2.25. The highest BCUT2D eigenvalue weighted by molar-refractivity contribution is 6.18. The first-order chi connectivity index (χ1) is 9.34. The second-order valence-electron chi connectivity index (χ2n) is 3.61. The van der Waals surface area contributed by atoms with Crippen LogP contribution in [0.3, 0.4) is 0 Å². The van der Waals surface area contributed by atoms with E-state index in [-0.39, 0.29) is 12.7 Å². The minimum atomic E-state index is -2.17. The van der Waals surface area contributed by atoms with E-state index >= 15 is 0 Å². The van der Waals surface area contributed by atoms with Crippen LogP contribution in [0, 0.1) is 34.6 Å². The van der Waals surface area contributed by atoms with Crippen LogP contribution in [-0.4, -0.2) is 24.6 Å². The number of ether oxygens (including phenoxy) is 1. The molecule has 20 heavy (non-hydrogen) atoms. The van der Waals surface area contributed by atoms with Gasteiger partial charge in [0.15, 0.2) is 35.0 Å². The Morgan fingerprint density at radius 3 is 2.35 bits per heavy atom. The summed E-state index contributed by atoms with van der Waals surface area (Å²) in [6.07, 6.45) is 0.346. The quantitative estimate of drug-likeness (QED) is 0.172. The normalized spacial score (nSPS) is 11.8. The second kappa shape index (κ2) is 6.27. The van der Waals surface area contributed by atoms with Crippen LogP contribution in [0.2, 0.25) is 0 Å². The Morgan fingerprint density at radius 2 is 1.85 bits per heavy atom. The third-order valence-electron chi connectivity index (χ3n) is 2.36. The van der Waals surface area contributed by atoms with Crippen molar-refractivity contribution in [2.24, 2.45) is 5.92 Å². The van der Waals surface area contributed by atoms with E-state index in [9.17, 15) is 27.2 Å². The monoisotopic (exact) mass is 291 g/mol. The lowest BCUT2D eigenvalue weighted by molar-refractivity contribution is -0.144. The van der Waals surface area contributed by atoms with Gasteiger partial charge in [0.2, 0.25) is 0 Å². The average Bonchev–Trinajstić information content (AvgIpc) is 2.41. The fourth-order valence-corrected chi connectivity index (χ4v) is 1.40. The van der Waals surface area contributed by atoms with E-state index in [2.05, 4.69) is 4.74 Å². The van der Waals surface area contributed by atoms with Gasteiger partial charge in [0, 0.05) is 6.21 Å². The molecule has 1 aromatic rings. The standard InChI is InChI=1S/C12H9F4NO3/c1-2-20-12(19)6(4-17)11(18)5-3-7(13)9(15)10(16)8(5)14/h3-4,6,17H,2H2,1H3. The molecule has 0 spiro atoms. The number of esters is 1. The van der Waals surface area contributed by atoms with Crippen molar-refractivity contribution in [3.8, 4) is 0 Å². The molecule has 0 saturated carbocycles. The van der Waals surface area contributed by atoms with E-state index in [4.69, 9.17) is 5.41 Å². The van der Waals surface area contributed by atoms with Crippen LogP contribution in [0.25, 0.3) is 0 Å². The molecule has 1 unspecified atom stereocenters. The molecule has 0 bridgehead atoms. The number of halogens is 4. The van der Waals surface area contributed by atoms with Crippen LogP contribution < -0.4 is 0 Å². The number of nitrogens with one attached hydrogen (secondary N) is 1. The number of rotatable bonds is 5. The lowest BCUT2D eigenvalue weighted by Gasteiger charge is -2.11. The van der Waals surface area contributed by atoms with Gasteiger partial charge in [-0.05, 0) is 13.0 Å². The van der Waals surface area contributed by atoms with Crippen LogP contribution in [0.15, 0.2) is 6.07 Å². The molecule has 4 nitrogen and oxygen atoms in total. The van der Waals surface area contributed by atoms with Gasteiger partial charge < -0.3 is 10.1 Å². The van der Waals surface area contributed by atoms with Crippen molar-refractivity contribution in [3.63, 3.8) is 0 Å². The Labute approximate surface area is 110 Å². The number of Topliss-reactive ketones (excluding diaryl/α,β-unsaturated/α-hetero) is 1. The summed E-state index contributed by atoms with van der Waals surface area (Å²) < 4.78 is 56.6. The molecule has 1 N–H and O–H groups in total. The molecule has 0 aromatic heterocycles. The summed E-state index contributed by atoms with van der Waals surface area (Å²) in [5.41, 5.74) is -1.16. The summed E-state index contributed by atoms with van der Waals surface area (Å²) >= 11 is 0. The Kier molecular flexibility index (Phi) is 4.95. The number of carbonyl (C=O) groups is 2. The molecule has 0 saturated heterocycles. The Morgan fingerprint density at radius 1 is 1.25 bits per heavy atom. The molecule has 108 valence electrons. The maximum atomic E-state index is 13.4. The molecule has 8 heteroatoms. The first kappa shape index (κ1) is 15.8. The number of hydrogen-bond acceptors (Lipinski definition) is 4. The van der Waals surface area contributed by atoms with Crippen molar-refractivity contribution in [1.82, 2.24) is 0 Å². The van der Waals surface area contributed by atoms with Crippen molar-refractivity contribution in [2.45, 2.75) is 6.92 Å². The van der Waals surface area contributed by atoms with Crippen molar-refractivity contribution >= 4 is 18.0 Å². The van der Waals surface area contributed by atoms with Gasteiger partial charge in [-0.3, -0.25) is 9.59 Å². The zero-order chi connectivity index (χ0) is 15.4. The van der Waals surface area contributed by atoms with E-state index in [1.807, 2.05) is 0 Å². The third kappa shape index (κ3) is 2.84. The van der Waals surface area contributed by atoms with Crippen LogP contribution in [0.1, 0.15) is 17.3 Å². The molecule has 0 aliphatic heterocycles. The Bertz CT molecular complexity index is 574. The molecule has 1 atom stereocenters. The number of benzene rings is 1. The minimum absolute atomic E-state index is 0.106. The van der Waals surface area contributed by atoms with Crippen LogP contribution in [0.5, 0.6) is 0 Å². The first-order valence-corrected chi connectivity index (χ1v) is 5.39. The number of ketones is 1. The van der Waals surface area contributed by atoms with E-state index < -0.39 is 46.5 Å². The highest BCUT2D eigenvalue weighted by atomic mass is 19.2. The summed E-state index contributed by atoms with van der Waals surface area (Å²) in [5, 5.41) is 6.94. The SMILES string of the molecule is CCOC(=O)C(C=N)C(=O)c1cc(F)c(F)c(F)c1F. The van der Waals surface area contributed by atoms with Gasteiger partial charge in [-0.25, -0.2) is 17.6 Å². The summed E-state index contributed by atoms with van der Waals surface area (Å²) in [5.74, 6) is -12.4. The molecule has 0 amide bonds. The van der Waals surface area contributed by atoms with Gasteiger partial charge in [-0.1, -0.05) is 0 Å². The molecule has 0 radical (unpaired) electrons. The van der Waals surface area contributed by atoms with E-state index in [1.165, 1.54) is 6.92 Å². The lowest BCUT2D eigenvalue weighted by atomic mass is 9.98. The zero-order valence-electron chi connectivity index (χ0n) is 10.2. The van der Waals surface area contributed by atoms with Gasteiger partial charge in [0.1, 0.15) is 0 Å². The lowest BCUT2D eigenvalue weighted by Crippen LogP contribution is -2.28. The van der Waals surface area contributed by atoms with E-state index in [1.54, 1.807) is 0 Å². The van der Waals surface area contributed by atoms with Crippen molar-refractivity contribution in [1.29, 1.82) is 5.41 Å². The van der Waals surface area contributed by atoms with E-state index in [0.717, 1.165) is 0 Å². The van der Waals surface area contributed by atoms with Gasteiger partial charge in [-0.2, -0.15) is 0 Å². The van der Waals surface area contributed by atoms with Crippen molar-refractivity contribution in [2.75, 3.05) is 6.61 Å².